The predicted molar refractivity (Wildman–Crippen MR) is 55.5 cm³/mol. The second-order valence-electron chi connectivity index (χ2n) is 3.20. The van der Waals surface area contributed by atoms with Crippen LogP contribution in [0.3, 0.4) is 0 Å². The number of benzene rings is 1. The minimum Gasteiger partial charge on any atom is -0.454 e. The Bertz CT molecular complexity index is 547. The Morgan fingerprint density at radius 3 is 2.47 bits per heavy atom. The molecule has 1 aliphatic rings. The molecule has 3 N–H and O–H groups in total. The van der Waals surface area contributed by atoms with Crippen LogP contribution in [0.2, 0.25) is 0 Å². The molecule has 1 aromatic carbocycles. The second-order valence-corrected chi connectivity index (χ2v) is 4.85. The lowest BCUT2D eigenvalue weighted by Crippen LogP contribution is -2.21. The van der Waals surface area contributed by atoms with Crippen molar-refractivity contribution in [2.45, 2.75) is 5.76 Å². The van der Waals surface area contributed by atoms with E-state index in [4.69, 9.17) is 15.2 Å². The van der Waals surface area contributed by atoms with Crippen LogP contribution < -0.4 is 19.9 Å². The van der Waals surface area contributed by atoms with E-state index in [9.17, 15) is 17.2 Å². The van der Waals surface area contributed by atoms with E-state index in [1.165, 1.54) is 12.1 Å². The number of hydrogen-bond donors (Lipinski definition) is 2. The number of rotatable bonds is 3. The van der Waals surface area contributed by atoms with Crippen LogP contribution >= 0.6 is 0 Å². The molecule has 0 aromatic heterocycles. The molecule has 0 radical (unpaired) electrons. The number of sulfonamides is 1. The maximum absolute atomic E-state index is 12.2. The zero-order valence-corrected chi connectivity index (χ0v) is 9.13. The maximum Gasteiger partial charge on any atom is 0.355 e. The van der Waals surface area contributed by atoms with Gasteiger partial charge >= 0.3 is 5.76 Å². The first-order chi connectivity index (χ1) is 7.90. The van der Waals surface area contributed by atoms with Crippen LogP contribution in [0.5, 0.6) is 11.5 Å². The van der Waals surface area contributed by atoms with Gasteiger partial charge < -0.3 is 15.2 Å². The van der Waals surface area contributed by atoms with Crippen molar-refractivity contribution >= 4 is 21.4 Å². The molecule has 17 heavy (non-hydrogen) atoms. The average Bonchev–Trinajstić information content (AvgIpc) is 2.64. The van der Waals surface area contributed by atoms with E-state index in [2.05, 4.69) is 0 Å². The molecule has 0 amide bonds. The molecular formula is C8H8F2N2O4S. The van der Waals surface area contributed by atoms with Crippen LogP contribution in [0, 0.1) is 0 Å². The summed E-state index contributed by atoms with van der Waals surface area (Å²) in [5, 5.41) is 0. The molecule has 0 unspecified atom stereocenters. The Morgan fingerprint density at radius 2 is 1.88 bits per heavy atom. The molecule has 0 aliphatic carbocycles. The molecule has 0 saturated heterocycles. The third-order valence-corrected chi connectivity index (χ3v) is 3.01. The van der Waals surface area contributed by atoms with Gasteiger partial charge in [-0.05, 0) is 0 Å². The standard InChI is InChI=1S/C8H8F2N2O4S/c9-8(10)17(13,14)12-5-2-7-6(1-4(5)11)15-3-16-7/h1-2,8,12H,3,11H2. The fourth-order valence-electron chi connectivity index (χ4n) is 1.24. The summed E-state index contributed by atoms with van der Waals surface area (Å²) in [6, 6.07) is 2.49. The normalized spacial score (nSPS) is 14.1. The van der Waals surface area contributed by atoms with Crippen molar-refractivity contribution in [3.63, 3.8) is 0 Å². The lowest BCUT2D eigenvalue weighted by molar-refractivity contribution is 0.174. The highest BCUT2D eigenvalue weighted by atomic mass is 32.2. The van der Waals surface area contributed by atoms with Gasteiger partial charge in [0.15, 0.2) is 11.5 Å². The lowest BCUT2D eigenvalue weighted by Gasteiger charge is -2.10. The smallest absolute Gasteiger partial charge is 0.355 e. The minimum absolute atomic E-state index is 0.0280. The summed E-state index contributed by atoms with van der Waals surface area (Å²) in [5.41, 5.74) is 5.29. The van der Waals surface area contributed by atoms with Gasteiger partial charge in [-0.2, -0.15) is 8.78 Å². The zero-order chi connectivity index (χ0) is 12.6. The van der Waals surface area contributed by atoms with Gasteiger partial charge in [-0.15, -0.1) is 0 Å². The van der Waals surface area contributed by atoms with Gasteiger partial charge in [0.05, 0.1) is 11.4 Å². The Balaban J connectivity index is 2.35. The third kappa shape index (κ3) is 2.18. The van der Waals surface area contributed by atoms with E-state index in [-0.39, 0.29) is 23.9 Å². The van der Waals surface area contributed by atoms with Crippen molar-refractivity contribution in [3.05, 3.63) is 12.1 Å². The summed E-state index contributed by atoms with van der Waals surface area (Å²) in [5.74, 6) is -2.96. The Labute approximate surface area is 95.4 Å². The predicted octanol–water partition coefficient (Wildman–Crippen LogP) is 0.962. The van der Waals surface area contributed by atoms with Crippen molar-refractivity contribution in [3.8, 4) is 11.5 Å². The van der Waals surface area contributed by atoms with E-state index in [1.54, 1.807) is 4.72 Å². The van der Waals surface area contributed by atoms with Gasteiger partial charge in [-0.1, -0.05) is 0 Å². The van der Waals surface area contributed by atoms with E-state index in [1.807, 2.05) is 0 Å². The summed E-state index contributed by atoms with van der Waals surface area (Å²) in [4.78, 5) is 0. The van der Waals surface area contributed by atoms with Crippen molar-refractivity contribution in [2.75, 3.05) is 17.2 Å². The number of nitrogens with one attached hydrogen (secondary N) is 1. The van der Waals surface area contributed by atoms with Gasteiger partial charge in [-0.3, -0.25) is 4.72 Å². The van der Waals surface area contributed by atoms with Crippen molar-refractivity contribution < 1.29 is 26.7 Å². The first-order valence-electron chi connectivity index (χ1n) is 4.39. The number of anilines is 2. The molecule has 0 bridgehead atoms. The summed E-state index contributed by atoms with van der Waals surface area (Å²) < 4.78 is 57.9. The molecule has 0 atom stereocenters. The van der Waals surface area contributed by atoms with Crippen molar-refractivity contribution in [2.24, 2.45) is 0 Å². The van der Waals surface area contributed by atoms with E-state index >= 15 is 0 Å². The zero-order valence-electron chi connectivity index (χ0n) is 8.31. The van der Waals surface area contributed by atoms with Crippen LogP contribution in [-0.2, 0) is 10.0 Å². The van der Waals surface area contributed by atoms with E-state index in [0.29, 0.717) is 5.75 Å². The summed E-state index contributed by atoms with van der Waals surface area (Å²) in [6.07, 6.45) is 0. The van der Waals surface area contributed by atoms with Gasteiger partial charge in [0, 0.05) is 12.1 Å². The number of ether oxygens (including phenoxy) is 2. The number of hydrogen-bond acceptors (Lipinski definition) is 5. The number of nitrogens with two attached hydrogens (primary N) is 1. The first-order valence-corrected chi connectivity index (χ1v) is 5.93. The Hall–Kier alpha value is -1.77. The molecule has 1 heterocycles. The van der Waals surface area contributed by atoms with Crippen molar-refractivity contribution in [1.82, 2.24) is 0 Å². The average molecular weight is 266 g/mol. The topological polar surface area (TPSA) is 90.7 Å². The van der Waals surface area contributed by atoms with Crippen molar-refractivity contribution in [1.29, 1.82) is 0 Å². The third-order valence-electron chi connectivity index (χ3n) is 2.03. The molecular weight excluding hydrogens is 258 g/mol. The molecule has 9 heteroatoms. The van der Waals surface area contributed by atoms with Crippen LogP contribution in [0.25, 0.3) is 0 Å². The monoisotopic (exact) mass is 266 g/mol. The molecule has 0 fully saturated rings. The summed E-state index contributed by atoms with van der Waals surface area (Å²) >= 11 is 0. The molecule has 1 aromatic rings. The first kappa shape index (κ1) is 11.7. The van der Waals surface area contributed by atoms with Gasteiger partial charge in [0.2, 0.25) is 6.79 Å². The highest BCUT2D eigenvalue weighted by Crippen LogP contribution is 2.38. The van der Waals surface area contributed by atoms with Gasteiger partial charge in [-0.25, -0.2) is 8.42 Å². The highest BCUT2D eigenvalue weighted by molar-refractivity contribution is 7.93. The molecule has 0 spiro atoms. The van der Waals surface area contributed by atoms with Crippen LogP contribution in [-0.4, -0.2) is 21.0 Å². The molecule has 2 rings (SSSR count). The Kier molecular flexibility index (Phi) is 2.69. The maximum atomic E-state index is 12.2. The molecule has 6 nitrogen and oxygen atoms in total. The quantitative estimate of drug-likeness (QED) is 0.795. The highest BCUT2D eigenvalue weighted by Gasteiger charge is 2.26. The molecule has 94 valence electrons. The lowest BCUT2D eigenvalue weighted by atomic mass is 10.2. The Morgan fingerprint density at radius 1 is 1.29 bits per heavy atom. The number of fused-ring (bicyclic) bond motifs is 1. The van der Waals surface area contributed by atoms with Crippen LogP contribution in [0.15, 0.2) is 12.1 Å². The fraction of sp³-hybridized carbons (Fsp3) is 0.250. The number of halogens is 2. The fourth-order valence-corrected chi connectivity index (χ4v) is 1.82. The molecule has 1 aliphatic heterocycles. The van der Waals surface area contributed by atoms with Gasteiger partial charge in [0.1, 0.15) is 0 Å². The number of alkyl halides is 2. The van der Waals surface area contributed by atoms with E-state index in [0.717, 1.165) is 0 Å². The SMILES string of the molecule is Nc1cc2c(cc1NS(=O)(=O)C(F)F)OCO2. The number of nitrogen functional groups attached to an aromatic ring is 1. The van der Waals surface area contributed by atoms with Gasteiger partial charge in [0.25, 0.3) is 10.0 Å². The second kappa shape index (κ2) is 3.91. The summed E-state index contributed by atoms with van der Waals surface area (Å²) in [7, 11) is -4.75. The summed E-state index contributed by atoms with van der Waals surface area (Å²) in [6.45, 7) is -0.0280. The largest absolute Gasteiger partial charge is 0.454 e. The van der Waals surface area contributed by atoms with E-state index < -0.39 is 15.8 Å². The molecule has 0 saturated carbocycles. The van der Waals surface area contributed by atoms with Crippen LogP contribution in [0.4, 0.5) is 20.2 Å². The van der Waals surface area contributed by atoms with Crippen LogP contribution in [0.1, 0.15) is 0 Å². The minimum atomic E-state index is -4.75.